The first-order valence-electron chi connectivity index (χ1n) is 13.8. The second kappa shape index (κ2) is 11.8. The average molecular weight is 644 g/mol. The summed E-state index contributed by atoms with van der Waals surface area (Å²) in [5.74, 6) is -0.646. The number of aromatic nitrogens is 1. The van der Waals surface area contributed by atoms with Crippen LogP contribution in [0.4, 0.5) is 22.7 Å². The van der Waals surface area contributed by atoms with Crippen LogP contribution in [-0.4, -0.2) is 58.9 Å². The Morgan fingerprint density at radius 2 is 1.74 bits per heavy atom. The molecule has 0 radical (unpaired) electrons. The predicted octanol–water partition coefficient (Wildman–Crippen LogP) is 3.25. The van der Waals surface area contributed by atoms with Gasteiger partial charge in [-0.1, -0.05) is 0 Å². The van der Waals surface area contributed by atoms with Crippen molar-refractivity contribution in [2.75, 3.05) is 41.8 Å². The summed E-state index contributed by atoms with van der Waals surface area (Å²) in [6.45, 7) is 5.02. The number of halogens is 1. The first kappa shape index (κ1) is 28.3. The van der Waals surface area contributed by atoms with Crippen LogP contribution in [0, 0.1) is 0 Å². The zero-order chi connectivity index (χ0) is 29.3. The summed E-state index contributed by atoms with van der Waals surface area (Å²) >= 11 is 5.41. The molecule has 2 unspecified atom stereocenters. The first-order chi connectivity index (χ1) is 20.3. The summed E-state index contributed by atoms with van der Waals surface area (Å²) in [7, 11) is 0. The molecule has 1 aromatic heterocycles. The molecule has 214 valence electrons. The van der Waals surface area contributed by atoms with E-state index >= 15 is 0 Å². The number of rotatable bonds is 7. The van der Waals surface area contributed by atoms with E-state index in [9.17, 15) is 9.59 Å². The van der Waals surface area contributed by atoms with Gasteiger partial charge >= 0.3 is 203 Å². The first-order valence-corrected chi connectivity index (χ1v) is 16.2. The summed E-state index contributed by atoms with van der Waals surface area (Å²) < 4.78 is 7.76. The fourth-order valence-corrected chi connectivity index (χ4v) is 8.03. The number of primary amides is 1. The van der Waals surface area contributed by atoms with E-state index in [1.54, 1.807) is 6.20 Å². The van der Waals surface area contributed by atoms with Gasteiger partial charge in [0.25, 0.3) is 0 Å². The second-order valence-electron chi connectivity index (χ2n) is 10.7. The number of pyridine rings is 1. The number of ether oxygens (including phenoxy) is 1. The van der Waals surface area contributed by atoms with Crippen LogP contribution in [0.2, 0.25) is 5.15 Å². The van der Waals surface area contributed by atoms with E-state index in [4.69, 9.17) is 22.1 Å². The predicted molar refractivity (Wildman–Crippen MR) is 170 cm³/mol. The summed E-state index contributed by atoms with van der Waals surface area (Å²) in [5, 5.41) is 6.94. The molecule has 0 spiro atoms. The van der Waals surface area contributed by atoms with E-state index in [1.165, 1.54) is 0 Å². The van der Waals surface area contributed by atoms with Gasteiger partial charge in [0.1, 0.15) is 0 Å². The van der Waals surface area contributed by atoms with Crippen molar-refractivity contribution in [1.29, 1.82) is 0 Å². The molecule has 1 saturated heterocycles. The van der Waals surface area contributed by atoms with Crippen LogP contribution in [0.25, 0.3) is 0 Å². The van der Waals surface area contributed by atoms with Crippen LogP contribution in [-0.2, 0) is 21.4 Å². The van der Waals surface area contributed by atoms with Crippen molar-refractivity contribution in [1.82, 2.24) is 4.98 Å². The Morgan fingerprint density at radius 3 is 2.48 bits per heavy atom. The van der Waals surface area contributed by atoms with E-state index in [2.05, 4.69) is 44.8 Å². The molecule has 2 amide bonds. The molecule has 1 fully saturated rings. The van der Waals surface area contributed by atoms with Crippen molar-refractivity contribution in [2.45, 2.75) is 18.8 Å². The van der Waals surface area contributed by atoms with Gasteiger partial charge in [0, 0.05) is 18.8 Å². The topological polar surface area (TPSA) is 110 Å². The number of amides is 2. The monoisotopic (exact) mass is 643 g/mol. The van der Waals surface area contributed by atoms with Crippen molar-refractivity contribution in [3.8, 4) is 0 Å². The van der Waals surface area contributed by atoms with Gasteiger partial charge < -0.3 is 9.64 Å². The molecule has 0 bridgehead atoms. The summed E-state index contributed by atoms with van der Waals surface area (Å²) in [5.41, 5.74) is 10.5. The molecule has 6 rings (SSSR count). The van der Waals surface area contributed by atoms with Crippen molar-refractivity contribution >= 4 is 70.6 Å². The van der Waals surface area contributed by atoms with Crippen LogP contribution >= 0.6 is 11.6 Å². The molecule has 2 aliphatic rings. The van der Waals surface area contributed by atoms with E-state index in [0.717, 1.165) is 63.2 Å². The number of hydrogen-bond acceptors (Lipinski definition) is 6. The van der Waals surface area contributed by atoms with Crippen LogP contribution < -0.4 is 30.0 Å². The Kier molecular flexibility index (Phi) is 7.95. The molecule has 3 aromatic carbocycles. The molecule has 4 aromatic rings. The molecule has 0 aliphatic carbocycles. The van der Waals surface area contributed by atoms with Gasteiger partial charge in [0.05, 0.1) is 13.2 Å². The fraction of sp³-hybridized carbons (Fsp3) is 0.219. The number of nitrogens with zero attached hydrogens (tertiary/aromatic N) is 2. The van der Waals surface area contributed by atoms with Crippen LogP contribution in [0.3, 0.4) is 0 Å². The van der Waals surface area contributed by atoms with E-state index < -0.39 is 27.1 Å². The van der Waals surface area contributed by atoms with Gasteiger partial charge in [-0.3, -0.25) is 0 Å². The van der Waals surface area contributed by atoms with Gasteiger partial charge in [0.2, 0.25) is 0 Å². The molecule has 2 aliphatic heterocycles. The summed E-state index contributed by atoms with van der Waals surface area (Å²) in [6, 6.07) is 23.7. The molecular formula is C32H31AsClN5O3. The number of morpholine rings is 1. The SMILES string of the molecule is CC(Cc1ccc(N2CCOCC2)cc1)(C(N)=O)c1ccc2c(c1)NC(=O)c1ccc([AsH]c3ccnc(Cl)c3)cc1N2. The van der Waals surface area contributed by atoms with Crippen molar-refractivity contribution < 1.29 is 14.3 Å². The Hall–Kier alpha value is -3.84. The number of benzene rings is 3. The van der Waals surface area contributed by atoms with Crippen LogP contribution in [0.5, 0.6) is 0 Å². The van der Waals surface area contributed by atoms with E-state index in [0.29, 0.717) is 22.8 Å². The third-order valence-electron chi connectivity index (χ3n) is 7.87. The van der Waals surface area contributed by atoms with Crippen molar-refractivity contribution in [3.63, 3.8) is 0 Å². The molecule has 2 atom stereocenters. The van der Waals surface area contributed by atoms with Gasteiger partial charge in [-0.15, -0.1) is 0 Å². The van der Waals surface area contributed by atoms with Crippen molar-refractivity contribution in [2.24, 2.45) is 5.73 Å². The van der Waals surface area contributed by atoms with Crippen LogP contribution in [0.1, 0.15) is 28.4 Å². The number of anilines is 4. The molecule has 4 N–H and O–H groups in total. The quantitative estimate of drug-likeness (QED) is 0.211. The Bertz CT molecular complexity index is 1660. The molecule has 42 heavy (non-hydrogen) atoms. The normalized spacial score (nSPS) is 16.1. The fourth-order valence-electron chi connectivity index (χ4n) is 5.39. The third-order valence-corrected chi connectivity index (χ3v) is 10.6. The Labute approximate surface area is 256 Å². The van der Waals surface area contributed by atoms with Crippen LogP contribution in [0.15, 0.2) is 79.0 Å². The Balaban J connectivity index is 1.25. The third kappa shape index (κ3) is 5.88. The number of carbonyl (C=O) groups excluding carboxylic acids is 2. The zero-order valence-electron chi connectivity index (χ0n) is 23.1. The van der Waals surface area contributed by atoms with Gasteiger partial charge in [-0.2, -0.15) is 0 Å². The number of hydrogen-bond donors (Lipinski definition) is 3. The number of fused-ring (bicyclic) bond motifs is 2. The summed E-state index contributed by atoms with van der Waals surface area (Å²) in [6.07, 6.45) is 2.14. The maximum atomic E-state index is 13.3. The Morgan fingerprint density at radius 1 is 0.976 bits per heavy atom. The van der Waals surface area contributed by atoms with Gasteiger partial charge in [-0.05, 0) is 12.1 Å². The molecule has 0 saturated carbocycles. The molecule has 10 heteroatoms. The average Bonchev–Trinajstić information content (AvgIpc) is 3.12. The van der Waals surface area contributed by atoms with Gasteiger partial charge in [-0.25, -0.2) is 0 Å². The minimum absolute atomic E-state index is 0.216. The number of nitrogens with two attached hydrogens (primary N) is 1. The minimum atomic E-state index is -0.983. The molecule has 8 nitrogen and oxygen atoms in total. The second-order valence-corrected chi connectivity index (χ2v) is 14.1. The standard InChI is InChI=1S/C32H31AsClN5O3/c1-32(31(35)41,19-20-2-6-24(7-3-20)39-12-14-42-15-13-39)21-4-9-26-28(16-21)38-30(40)25-8-5-22(17-27(25)37-26)33-23-10-11-36-29(34)18-23/h2-11,16-18,33,37H,12-15,19H2,1H3,(H2,35,41)(H,38,40). The zero-order valence-corrected chi connectivity index (χ0v) is 26.0. The summed E-state index contributed by atoms with van der Waals surface area (Å²) in [4.78, 5) is 32.5. The number of nitrogens with one attached hydrogen (secondary N) is 2. The van der Waals surface area contributed by atoms with Crippen molar-refractivity contribution in [3.05, 3.63) is 101 Å². The maximum absolute atomic E-state index is 13.3. The number of carbonyl (C=O) groups is 2. The van der Waals surface area contributed by atoms with E-state index in [-0.39, 0.29) is 5.91 Å². The molecular weight excluding hydrogens is 613 g/mol. The van der Waals surface area contributed by atoms with E-state index in [1.807, 2.05) is 55.5 Å². The van der Waals surface area contributed by atoms with Gasteiger partial charge in [0.15, 0.2) is 0 Å². The molecule has 3 heterocycles.